The summed E-state index contributed by atoms with van der Waals surface area (Å²) in [5, 5.41) is 49.5. The molecule has 3 rings (SSSR count). The van der Waals surface area contributed by atoms with E-state index in [1.54, 1.807) is 51.1 Å². The van der Waals surface area contributed by atoms with Crippen LogP contribution >= 0.6 is 0 Å². The number of phenols is 1. The number of carboxylic acid groups (broad SMARTS) is 2. The first kappa shape index (κ1) is 46.2. The SMILES string of the molecule is Cc1ccc(C(NC(=O)[C@H](CC(=O)O)NC(=O)Cc2ccc(O)c([N+](=O)[O-])c2)C(=O)N[C@H](C(=O)N[C@@H](CC(=O)O)C(=O)COC(=O)c2c(C)cccc2C)C(C)C)cc1. The van der Waals surface area contributed by atoms with Gasteiger partial charge in [-0.3, -0.25) is 43.7 Å². The molecule has 0 aliphatic heterocycles. The zero-order chi connectivity index (χ0) is 44.1. The fourth-order valence-electron chi connectivity index (χ4n) is 5.84. The Labute approximate surface area is 337 Å². The Morgan fingerprint density at radius 1 is 0.746 bits per heavy atom. The van der Waals surface area contributed by atoms with Crippen molar-refractivity contribution in [3.05, 3.63) is 104 Å². The number of benzene rings is 3. The van der Waals surface area contributed by atoms with Crippen molar-refractivity contribution in [3.8, 4) is 5.75 Å². The Kier molecular flexibility index (Phi) is 16.3. The number of ether oxygens (including phenoxy) is 1. The second kappa shape index (κ2) is 20.8. The first-order valence-corrected chi connectivity index (χ1v) is 18.1. The summed E-state index contributed by atoms with van der Waals surface area (Å²) >= 11 is 0. The molecule has 0 aliphatic carbocycles. The number of hydrogen-bond acceptors (Lipinski definition) is 12. The van der Waals surface area contributed by atoms with Crippen molar-refractivity contribution in [3.63, 3.8) is 0 Å². The fourth-order valence-corrected chi connectivity index (χ4v) is 5.84. The molecule has 4 amide bonds. The summed E-state index contributed by atoms with van der Waals surface area (Å²) in [6, 6.07) is 7.86. The number of amides is 4. The molecule has 1 unspecified atom stereocenters. The van der Waals surface area contributed by atoms with Gasteiger partial charge in [0.25, 0.3) is 0 Å². The maximum Gasteiger partial charge on any atom is 0.339 e. The highest BCUT2D eigenvalue weighted by atomic mass is 16.6. The Hall–Kier alpha value is -7.18. The summed E-state index contributed by atoms with van der Waals surface area (Å²) < 4.78 is 5.17. The topological polar surface area (TPSA) is 298 Å². The van der Waals surface area contributed by atoms with Gasteiger partial charge in [-0.2, -0.15) is 0 Å². The number of aliphatic carboxylic acids is 2. The van der Waals surface area contributed by atoms with Crippen LogP contribution in [0, 0.1) is 36.8 Å². The predicted octanol–water partition coefficient (Wildman–Crippen LogP) is 2.11. The number of carbonyl (C=O) groups excluding carboxylic acids is 6. The van der Waals surface area contributed by atoms with Crippen LogP contribution in [-0.2, 0) is 44.7 Å². The molecule has 19 heteroatoms. The minimum Gasteiger partial charge on any atom is -0.502 e. The second-order valence-corrected chi connectivity index (χ2v) is 14.0. The van der Waals surface area contributed by atoms with E-state index < -0.39 is 120 Å². The van der Waals surface area contributed by atoms with Gasteiger partial charge < -0.3 is 41.3 Å². The minimum absolute atomic E-state index is 0.0575. The van der Waals surface area contributed by atoms with Crippen molar-refractivity contribution in [2.45, 2.75) is 78.0 Å². The Morgan fingerprint density at radius 2 is 1.34 bits per heavy atom. The normalized spacial score (nSPS) is 12.8. The fraction of sp³-hybridized carbons (Fsp3) is 0.350. The number of ketones is 1. The molecule has 19 nitrogen and oxygen atoms in total. The van der Waals surface area contributed by atoms with E-state index in [1.807, 2.05) is 0 Å². The van der Waals surface area contributed by atoms with Crippen LogP contribution in [0.3, 0.4) is 0 Å². The van der Waals surface area contributed by atoms with E-state index in [-0.39, 0.29) is 16.7 Å². The molecule has 0 aromatic heterocycles. The predicted molar refractivity (Wildman–Crippen MR) is 207 cm³/mol. The van der Waals surface area contributed by atoms with Gasteiger partial charge in [-0.15, -0.1) is 0 Å². The van der Waals surface area contributed by atoms with Gasteiger partial charge in [0, 0.05) is 6.07 Å². The third kappa shape index (κ3) is 13.5. The van der Waals surface area contributed by atoms with Crippen LogP contribution in [0.1, 0.15) is 70.9 Å². The van der Waals surface area contributed by atoms with Gasteiger partial charge >= 0.3 is 23.6 Å². The molecular formula is C40H45N5O14. The first-order chi connectivity index (χ1) is 27.7. The number of aromatic hydroxyl groups is 1. The molecule has 3 aromatic carbocycles. The summed E-state index contributed by atoms with van der Waals surface area (Å²) in [4.78, 5) is 114. The number of nitrogens with zero attached hydrogens (tertiary/aromatic N) is 1. The number of Topliss-reactive ketones (excluding diaryl/α,β-unsaturated/α-hetero) is 1. The number of nitro benzene ring substituents is 1. The summed E-state index contributed by atoms with van der Waals surface area (Å²) in [5.74, 6) is -10.2. The van der Waals surface area contributed by atoms with E-state index in [1.165, 1.54) is 32.0 Å². The average molecular weight is 820 g/mol. The molecule has 4 atom stereocenters. The van der Waals surface area contributed by atoms with E-state index in [0.717, 1.165) is 17.7 Å². The molecule has 0 heterocycles. The number of carbonyl (C=O) groups is 8. The van der Waals surface area contributed by atoms with Crippen molar-refractivity contribution < 1.29 is 63.3 Å². The first-order valence-electron chi connectivity index (χ1n) is 18.1. The molecule has 314 valence electrons. The van der Waals surface area contributed by atoms with Crippen molar-refractivity contribution in [2.75, 3.05) is 6.61 Å². The molecule has 0 aliphatic rings. The van der Waals surface area contributed by atoms with Crippen LogP contribution in [0.15, 0.2) is 60.7 Å². The number of esters is 1. The lowest BCUT2D eigenvalue weighted by atomic mass is 9.99. The molecule has 0 saturated carbocycles. The number of aryl methyl sites for hydroxylation is 3. The standard InChI is InChI=1S/C40H45N5O14/c1-20(2)35(38(54)42-26(17-32(49)50)30(47)19-59-40(56)34-22(4)7-6-8-23(34)5)43-39(55)36(25-12-9-21(3)10-13-25)44-37(53)27(18-33(51)52)41-31(48)16-24-11-14-29(46)28(15-24)45(57)58/h6-15,20,26-27,35-36,46H,16-19H2,1-5H3,(H,41,48)(H,42,54)(H,43,55)(H,44,53)(H,49,50)(H,51,52)/t26-,27-,35-,36?/m0/s1. The molecule has 0 fully saturated rings. The summed E-state index contributed by atoms with van der Waals surface area (Å²) in [5.41, 5.74) is 1.68. The lowest BCUT2D eigenvalue weighted by Crippen LogP contribution is -2.57. The smallest absolute Gasteiger partial charge is 0.339 e. The molecule has 59 heavy (non-hydrogen) atoms. The number of carboxylic acids is 2. The number of phenolic OH excluding ortho intramolecular Hbond substituents is 1. The lowest BCUT2D eigenvalue weighted by Gasteiger charge is -2.28. The van der Waals surface area contributed by atoms with Gasteiger partial charge in [0.15, 0.2) is 18.1 Å². The Morgan fingerprint density at radius 3 is 1.90 bits per heavy atom. The molecule has 0 spiro atoms. The van der Waals surface area contributed by atoms with Crippen LogP contribution in [0.5, 0.6) is 5.75 Å². The lowest BCUT2D eigenvalue weighted by molar-refractivity contribution is -0.385. The Bertz CT molecular complexity index is 2100. The quantitative estimate of drug-likeness (QED) is 0.0488. The molecule has 0 radical (unpaired) electrons. The number of nitrogens with one attached hydrogen (secondary N) is 4. The van der Waals surface area contributed by atoms with Crippen LogP contribution in [0.4, 0.5) is 5.69 Å². The zero-order valence-electron chi connectivity index (χ0n) is 32.8. The molecular weight excluding hydrogens is 774 g/mol. The van der Waals surface area contributed by atoms with Crippen molar-refractivity contribution >= 4 is 53.0 Å². The van der Waals surface area contributed by atoms with Gasteiger partial charge in [-0.1, -0.05) is 67.9 Å². The number of rotatable bonds is 20. The maximum absolute atomic E-state index is 14.0. The van der Waals surface area contributed by atoms with Crippen LogP contribution in [0.25, 0.3) is 0 Å². The van der Waals surface area contributed by atoms with Crippen LogP contribution in [-0.4, -0.2) is 92.3 Å². The molecule has 0 saturated heterocycles. The van der Waals surface area contributed by atoms with Gasteiger partial charge in [0.1, 0.15) is 24.2 Å². The summed E-state index contributed by atoms with van der Waals surface area (Å²) in [6.45, 7) is 7.27. The third-order valence-electron chi connectivity index (χ3n) is 8.95. The average Bonchev–Trinajstić information content (AvgIpc) is 3.14. The van der Waals surface area contributed by atoms with Gasteiger partial charge in [0.05, 0.1) is 29.7 Å². The summed E-state index contributed by atoms with van der Waals surface area (Å²) in [6.07, 6.45) is -2.41. The molecule has 7 N–H and O–H groups in total. The highest BCUT2D eigenvalue weighted by molar-refractivity contribution is 5.99. The highest BCUT2D eigenvalue weighted by Crippen LogP contribution is 2.26. The highest BCUT2D eigenvalue weighted by Gasteiger charge is 2.35. The van der Waals surface area contributed by atoms with Gasteiger partial charge in [-0.25, -0.2) is 4.79 Å². The van der Waals surface area contributed by atoms with Crippen LogP contribution in [0.2, 0.25) is 0 Å². The van der Waals surface area contributed by atoms with Gasteiger partial charge in [-0.05, 0) is 55.0 Å². The van der Waals surface area contributed by atoms with E-state index in [9.17, 15) is 63.8 Å². The summed E-state index contributed by atoms with van der Waals surface area (Å²) in [7, 11) is 0. The second-order valence-electron chi connectivity index (χ2n) is 14.0. The zero-order valence-corrected chi connectivity index (χ0v) is 32.8. The minimum atomic E-state index is -1.77. The van der Waals surface area contributed by atoms with E-state index in [2.05, 4.69) is 21.3 Å². The van der Waals surface area contributed by atoms with Crippen molar-refractivity contribution in [1.82, 2.24) is 21.3 Å². The number of hydrogen-bond donors (Lipinski definition) is 7. The molecule has 3 aromatic rings. The van der Waals surface area contributed by atoms with E-state index >= 15 is 0 Å². The van der Waals surface area contributed by atoms with E-state index in [0.29, 0.717) is 11.1 Å². The number of nitro groups is 1. The maximum atomic E-state index is 14.0. The largest absolute Gasteiger partial charge is 0.502 e. The van der Waals surface area contributed by atoms with Crippen molar-refractivity contribution in [1.29, 1.82) is 0 Å². The third-order valence-corrected chi connectivity index (χ3v) is 8.95. The van der Waals surface area contributed by atoms with Crippen molar-refractivity contribution in [2.24, 2.45) is 5.92 Å². The van der Waals surface area contributed by atoms with Crippen LogP contribution < -0.4 is 21.3 Å². The van der Waals surface area contributed by atoms with E-state index in [4.69, 9.17) is 4.74 Å². The monoisotopic (exact) mass is 819 g/mol. The Balaban J connectivity index is 1.83. The molecule has 0 bridgehead atoms. The van der Waals surface area contributed by atoms with Gasteiger partial charge in [0.2, 0.25) is 23.6 Å².